The average Bonchev–Trinajstić information content (AvgIpc) is 2.41. The number of nitrogens with zero attached hydrogens (tertiary/aromatic N) is 1. The number of aryl methyl sites for hydroxylation is 1. The van der Waals surface area contributed by atoms with Crippen LogP contribution in [-0.2, 0) is 0 Å². The molecule has 0 aromatic heterocycles. The summed E-state index contributed by atoms with van der Waals surface area (Å²) in [6.45, 7) is 12.4. The predicted molar refractivity (Wildman–Crippen MR) is 112 cm³/mol. The lowest BCUT2D eigenvalue weighted by atomic mass is 10.0. The summed E-state index contributed by atoms with van der Waals surface area (Å²) in [5, 5.41) is 0.821. The Labute approximate surface area is 165 Å². The van der Waals surface area contributed by atoms with Crippen LogP contribution in [0.1, 0.15) is 37.8 Å². The largest absolute Gasteiger partial charge is 0.492 e. The molecule has 0 fully saturated rings. The first-order valence-electron chi connectivity index (χ1n) is 7.20. The summed E-state index contributed by atoms with van der Waals surface area (Å²) < 4.78 is 7.17. The van der Waals surface area contributed by atoms with E-state index in [1.807, 2.05) is 13.0 Å². The molecule has 0 atom stereocenters. The van der Waals surface area contributed by atoms with Crippen LogP contribution in [0.2, 0.25) is 5.02 Å². The Bertz CT molecular complexity index is 427. The van der Waals surface area contributed by atoms with Crippen molar-refractivity contribution in [3.63, 3.8) is 0 Å². The molecule has 0 spiro atoms. The molecule has 0 aliphatic heterocycles. The summed E-state index contributed by atoms with van der Waals surface area (Å²) in [6.07, 6.45) is 0. The van der Waals surface area contributed by atoms with Gasteiger partial charge in [-0.1, -0.05) is 55.0 Å². The maximum Gasteiger partial charge on any atom is 0.123 e. The summed E-state index contributed by atoms with van der Waals surface area (Å²) in [5.74, 6) is 1.40. The predicted octanol–water partition coefficient (Wildman–Crippen LogP) is 5.53. The highest BCUT2D eigenvalue weighted by atomic mass is 127. The van der Waals surface area contributed by atoms with E-state index in [1.165, 1.54) is 5.56 Å². The number of hydrogen-bond acceptors (Lipinski definition) is 2. The van der Waals surface area contributed by atoms with Gasteiger partial charge in [-0.2, -0.15) is 0 Å². The van der Waals surface area contributed by atoms with E-state index in [2.05, 4.69) is 54.3 Å². The molecule has 0 bridgehead atoms. The van der Waals surface area contributed by atoms with Gasteiger partial charge in [-0.3, -0.25) is 4.90 Å². The molecule has 0 N–H and O–H groups in total. The van der Waals surface area contributed by atoms with E-state index in [4.69, 9.17) is 16.3 Å². The zero-order valence-electron chi connectivity index (χ0n) is 13.3. The molecule has 0 amide bonds. The van der Waals surface area contributed by atoms with Gasteiger partial charge in [-0.25, -0.2) is 0 Å². The van der Waals surface area contributed by atoms with Crippen molar-refractivity contribution in [2.75, 3.05) is 30.7 Å². The Morgan fingerprint density at radius 2 is 1.95 bits per heavy atom. The highest BCUT2D eigenvalue weighted by Gasteiger charge is 2.11. The molecular weight excluding hydrogens is 511 g/mol. The van der Waals surface area contributed by atoms with Crippen molar-refractivity contribution in [2.45, 2.75) is 33.6 Å². The average molecular weight is 538 g/mol. The quantitative estimate of drug-likeness (QED) is 0.320. The first-order valence-corrected chi connectivity index (χ1v) is 9.11. The van der Waals surface area contributed by atoms with E-state index in [1.54, 1.807) is 0 Å². The molecule has 0 unspecified atom stereocenters. The van der Waals surface area contributed by atoms with Crippen LogP contribution >= 0.6 is 58.2 Å². The monoisotopic (exact) mass is 537 g/mol. The van der Waals surface area contributed by atoms with Crippen LogP contribution in [0.5, 0.6) is 5.75 Å². The lowest BCUT2D eigenvalue weighted by Crippen LogP contribution is -2.30. The van der Waals surface area contributed by atoms with Gasteiger partial charge in [0.1, 0.15) is 12.4 Å². The molecular formula is C16H26ClI2NO. The zero-order chi connectivity index (χ0) is 15.1. The third kappa shape index (κ3) is 7.22. The molecule has 0 heterocycles. The second kappa shape index (κ2) is 11.3. The molecule has 0 saturated carbocycles. The molecule has 0 radical (unpaired) electrons. The van der Waals surface area contributed by atoms with Crippen molar-refractivity contribution in [3.05, 3.63) is 28.3 Å². The molecule has 0 aliphatic rings. The second-order valence-electron chi connectivity index (χ2n) is 5.27. The molecule has 1 rings (SSSR count). The Morgan fingerprint density at radius 3 is 2.48 bits per heavy atom. The van der Waals surface area contributed by atoms with Crippen LogP contribution in [0.3, 0.4) is 0 Å². The maximum atomic E-state index is 6.21. The summed E-state index contributed by atoms with van der Waals surface area (Å²) in [7, 11) is 0. The third-order valence-corrected chi connectivity index (χ3v) is 4.32. The first kappa shape index (κ1) is 21.7. The van der Waals surface area contributed by atoms with Gasteiger partial charge in [-0.15, -0.1) is 24.0 Å². The fourth-order valence-electron chi connectivity index (χ4n) is 2.08. The Morgan fingerprint density at radius 1 is 1.29 bits per heavy atom. The SMILES string of the molecule is CCN(CCI)CCOc1cc(C)c(Cl)cc1C(C)C.I. The minimum atomic E-state index is 0. The minimum Gasteiger partial charge on any atom is -0.492 e. The number of hydrogen-bond donors (Lipinski definition) is 0. The first-order chi connectivity index (χ1) is 9.49. The highest BCUT2D eigenvalue weighted by molar-refractivity contribution is 14.1. The van der Waals surface area contributed by atoms with Gasteiger partial charge in [0.15, 0.2) is 0 Å². The van der Waals surface area contributed by atoms with Gasteiger partial charge < -0.3 is 4.74 Å². The van der Waals surface area contributed by atoms with Gasteiger partial charge in [0.2, 0.25) is 0 Å². The number of likely N-dealkylation sites (N-methyl/N-ethyl adjacent to an activating group) is 1. The summed E-state index contributed by atoms with van der Waals surface area (Å²) >= 11 is 8.63. The molecule has 21 heavy (non-hydrogen) atoms. The fraction of sp³-hybridized carbons (Fsp3) is 0.625. The van der Waals surface area contributed by atoms with Gasteiger partial charge in [-0.05, 0) is 42.6 Å². The summed E-state index contributed by atoms with van der Waals surface area (Å²) in [5.41, 5.74) is 2.27. The van der Waals surface area contributed by atoms with E-state index in [-0.39, 0.29) is 24.0 Å². The van der Waals surface area contributed by atoms with Crippen LogP contribution in [0.4, 0.5) is 0 Å². The van der Waals surface area contributed by atoms with Crippen molar-refractivity contribution in [1.29, 1.82) is 0 Å². The molecule has 0 aliphatic carbocycles. The standard InChI is InChI=1S/C16H25ClINO.HI/c1-5-19(7-6-18)8-9-20-16-10-13(4)15(17)11-14(16)12(2)3;/h10-12H,5-9H2,1-4H3;1H. The van der Waals surface area contributed by atoms with Crippen molar-refractivity contribution in [2.24, 2.45) is 0 Å². The van der Waals surface area contributed by atoms with Gasteiger partial charge in [0.05, 0.1) is 0 Å². The topological polar surface area (TPSA) is 12.5 Å². The fourth-order valence-corrected chi connectivity index (χ4v) is 2.93. The highest BCUT2D eigenvalue weighted by Crippen LogP contribution is 2.31. The number of alkyl halides is 1. The smallest absolute Gasteiger partial charge is 0.123 e. The number of ether oxygens (including phenoxy) is 1. The van der Waals surface area contributed by atoms with Crippen molar-refractivity contribution < 1.29 is 4.74 Å². The van der Waals surface area contributed by atoms with E-state index in [0.29, 0.717) is 5.92 Å². The minimum absolute atomic E-state index is 0. The van der Waals surface area contributed by atoms with E-state index in [9.17, 15) is 0 Å². The van der Waals surface area contributed by atoms with Crippen LogP contribution in [0.25, 0.3) is 0 Å². The lowest BCUT2D eigenvalue weighted by molar-refractivity contribution is 0.223. The maximum absolute atomic E-state index is 6.21. The van der Waals surface area contributed by atoms with Gasteiger partial charge in [0, 0.05) is 22.5 Å². The molecule has 122 valence electrons. The molecule has 5 heteroatoms. The van der Waals surface area contributed by atoms with E-state index < -0.39 is 0 Å². The summed E-state index contributed by atoms with van der Waals surface area (Å²) in [4.78, 5) is 2.41. The van der Waals surface area contributed by atoms with Crippen LogP contribution in [0, 0.1) is 6.92 Å². The molecule has 1 aromatic carbocycles. The Balaban J connectivity index is 0.00000400. The van der Waals surface area contributed by atoms with Crippen LogP contribution in [0.15, 0.2) is 12.1 Å². The number of halogens is 3. The van der Waals surface area contributed by atoms with E-state index in [0.717, 1.165) is 47.0 Å². The van der Waals surface area contributed by atoms with Crippen LogP contribution in [-0.4, -0.2) is 35.6 Å². The Kier molecular flexibility index (Phi) is 11.7. The third-order valence-electron chi connectivity index (χ3n) is 3.43. The second-order valence-corrected chi connectivity index (χ2v) is 6.75. The van der Waals surface area contributed by atoms with Crippen molar-refractivity contribution >= 4 is 58.2 Å². The van der Waals surface area contributed by atoms with E-state index >= 15 is 0 Å². The normalized spacial score (nSPS) is 10.9. The lowest BCUT2D eigenvalue weighted by Gasteiger charge is -2.21. The van der Waals surface area contributed by atoms with Crippen molar-refractivity contribution in [1.82, 2.24) is 4.90 Å². The van der Waals surface area contributed by atoms with Gasteiger partial charge in [0.25, 0.3) is 0 Å². The molecule has 1 aromatic rings. The van der Waals surface area contributed by atoms with Crippen LogP contribution < -0.4 is 4.74 Å². The zero-order valence-corrected chi connectivity index (χ0v) is 18.5. The van der Waals surface area contributed by atoms with Gasteiger partial charge >= 0.3 is 0 Å². The molecule has 0 saturated heterocycles. The number of rotatable bonds is 8. The summed E-state index contributed by atoms with van der Waals surface area (Å²) in [6, 6.07) is 4.10. The Hall–Kier alpha value is 0.730. The number of benzene rings is 1. The molecule has 2 nitrogen and oxygen atoms in total. The van der Waals surface area contributed by atoms with Crippen molar-refractivity contribution in [3.8, 4) is 5.75 Å².